The highest BCUT2D eigenvalue weighted by Crippen LogP contribution is 2.15. The lowest BCUT2D eigenvalue weighted by Crippen LogP contribution is -2.48. The molecule has 0 aromatic heterocycles. The molecule has 1 aliphatic heterocycles. The Bertz CT molecular complexity index is 634. The van der Waals surface area contributed by atoms with Crippen molar-refractivity contribution >= 4 is 12.1 Å². The Morgan fingerprint density at radius 2 is 2.08 bits per heavy atom. The molecule has 1 saturated heterocycles. The maximum absolute atomic E-state index is 13.1. The average molecular weight is 370 g/mol. The molecular weight excluding hydrogens is 346 g/mol. The van der Waals surface area contributed by atoms with Gasteiger partial charge >= 0.3 is 6.09 Å². The SMILES string of the molecule is CCOC(=O)N1CCC(NC(N)=NCCOc2ccc(F)c(F)c2)CC1. The molecule has 0 bridgehead atoms. The standard InChI is InChI=1S/C17H24F2N4O3/c1-2-25-17(24)23-8-5-12(6-9-23)22-16(20)21-7-10-26-13-3-4-14(18)15(19)11-13/h3-4,11-12H,2,5-10H2,1H3,(H3,20,21,22). The highest BCUT2D eigenvalue weighted by Gasteiger charge is 2.23. The van der Waals surface area contributed by atoms with Crippen LogP contribution >= 0.6 is 0 Å². The first-order chi connectivity index (χ1) is 12.5. The summed E-state index contributed by atoms with van der Waals surface area (Å²) < 4.78 is 36.1. The molecule has 1 amide bonds. The van der Waals surface area contributed by atoms with Crippen molar-refractivity contribution in [2.45, 2.75) is 25.8 Å². The van der Waals surface area contributed by atoms with Crippen molar-refractivity contribution in [1.82, 2.24) is 10.2 Å². The zero-order valence-corrected chi connectivity index (χ0v) is 14.7. The van der Waals surface area contributed by atoms with Crippen LogP contribution < -0.4 is 15.8 Å². The predicted molar refractivity (Wildman–Crippen MR) is 93.1 cm³/mol. The monoisotopic (exact) mass is 370 g/mol. The fraction of sp³-hybridized carbons (Fsp3) is 0.529. The fourth-order valence-electron chi connectivity index (χ4n) is 2.57. The van der Waals surface area contributed by atoms with E-state index in [2.05, 4.69) is 10.3 Å². The summed E-state index contributed by atoms with van der Waals surface area (Å²) in [4.78, 5) is 17.4. The van der Waals surface area contributed by atoms with Crippen LogP contribution in [0, 0.1) is 11.6 Å². The Labute approximate surface area is 151 Å². The highest BCUT2D eigenvalue weighted by molar-refractivity contribution is 5.78. The molecule has 0 unspecified atom stereocenters. The van der Waals surface area contributed by atoms with Crippen molar-refractivity contribution < 1.29 is 23.0 Å². The number of guanidine groups is 1. The van der Waals surface area contributed by atoms with E-state index in [1.165, 1.54) is 6.07 Å². The van der Waals surface area contributed by atoms with Crippen LogP contribution in [-0.4, -0.2) is 55.8 Å². The number of amides is 1. The van der Waals surface area contributed by atoms with Crippen molar-refractivity contribution in [2.24, 2.45) is 10.7 Å². The van der Waals surface area contributed by atoms with Crippen molar-refractivity contribution in [3.63, 3.8) is 0 Å². The van der Waals surface area contributed by atoms with E-state index >= 15 is 0 Å². The number of halogens is 2. The topological polar surface area (TPSA) is 89.2 Å². The zero-order chi connectivity index (χ0) is 18.9. The first kappa shape index (κ1) is 19.7. The lowest BCUT2D eigenvalue weighted by atomic mass is 10.1. The Hall–Kier alpha value is -2.58. The van der Waals surface area contributed by atoms with E-state index in [1.54, 1.807) is 11.8 Å². The predicted octanol–water partition coefficient (Wildman–Crippen LogP) is 1.87. The van der Waals surface area contributed by atoms with Crippen LogP contribution in [0.2, 0.25) is 0 Å². The van der Waals surface area contributed by atoms with E-state index in [9.17, 15) is 13.6 Å². The van der Waals surface area contributed by atoms with Gasteiger partial charge in [0.05, 0.1) is 13.2 Å². The molecule has 144 valence electrons. The first-order valence-corrected chi connectivity index (χ1v) is 8.55. The van der Waals surface area contributed by atoms with E-state index < -0.39 is 11.6 Å². The third-order valence-corrected chi connectivity index (χ3v) is 3.91. The van der Waals surface area contributed by atoms with Gasteiger partial charge in [0.2, 0.25) is 0 Å². The number of rotatable bonds is 6. The number of benzene rings is 1. The molecule has 0 aliphatic carbocycles. The van der Waals surface area contributed by atoms with E-state index in [-0.39, 0.29) is 37.0 Å². The van der Waals surface area contributed by atoms with Crippen LogP contribution in [-0.2, 0) is 4.74 Å². The number of likely N-dealkylation sites (tertiary alicyclic amines) is 1. The molecule has 2 rings (SSSR count). The lowest BCUT2D eigenvalue weighted by Gasteiger charge is -2.31. The molecule has 1 aromatic rings. The molecule has 3 N–H and O–H groups in total. The molecule has 0 spiro atoms. The quantitative estimate of drug-likeness (QED) is 0.453. The molecule has 1 aromatic carbocycles. The third kappa shape index (κ3) is 6.05. The van der Waals surface area contributed by atoms with Crippen LogP contribution in [0.1, 0.15) is 19.8 Å². The minimum atomic E-state index is -0.957. The molecule has 0 radical (unpaired) electrons. The molecule has 1 aliphatic rings. The Morgan fingerprint density at radius 1 is 1.35 bits per heavy atom. The van der Waals surface area contributed by atoms with Gasteiger partial charge in [-0.1, -0.05) is 0 Å². The van der Waals surface area contributed by atoms with Crippen molar-refractivity contribution in [1.29, 1.82) is 0 Å². The summed E-state index contributed by atoms with van der Waals surface area (Å²) in [5.74, 6) is -1.36. The zero-order valence-electron chi connectivity index (χ0n) is 14.7. The Balaban J connectivity index is 1.67. The number of nitrogens with zero attached hydrogens (tertiary/aromatic N) is 2. The summed E-state index contributed by atoms with van der Waals surface area (Å²) in [6.45, 7) is 3.81. The smallest absolute Gasteiger partial charge is 0.409 e. The van der Waals surface area contributed by atoms with Gasteiger partial charge in [-0.15, -0.1) is 0 Å². The van der Waals surface area contributed by atoms with E-state index in [4.69, 9.17) is 15.2 Å². The molecule has 9 heteroatoms. The second-order valence-corrected chi connectivity index (χ2v) is 5.80. The summed E-state index contributed by atoms with van der Waals surface area (Å²) in [7, 11) is 0. The number of hydrogen-bond acceptors (Lipinski definition) is 4. The van der Waals surface area contributed by atoms with Crippen molar-refractivity contribution in [3.05, 3.63) is 29.8 Å². The number of piperidine rings is 1. The summed E-state index contributed by atoms with van der Waals surface area (Å²) in [5, 5.41) is 3.11. The van der Waals surface area contributed by atoms with Gasteiger partial charge in [-0.3, -0.25) is 0 Å². The van der Waals surface area contributed by atoms with E-state index in [1.807, 2.05) is 0 Å². The maximum Gasteiger partial charge on any atom is 0.409 e. The summed E-state index contributed by atoms with van der Waals surface area (Å²) >= 11 is 0. The molecule has 0 atom stereocenters. The molecular formula is C17H24F2N4O3. The van der Waals surface area contributed by atoms with Gasteiger partial charge in [0.15, 0.2) is 17.6 Å². The van der Waals surface area contributed by atoms with Crippen LogP contribution in [0.5, 0.6) is 5.75 Å². The number of carbonyl (C=O) groups excluding carboxylic acids is 1. The van der Waals surface area contributed by atoms with Gasteiger partial charge in [-0.2, -0.15) is 0 Å². The number of aliphatic imine (C=N–C) groups is 1. The number of nitrogens with two attached hydrogens (primary N) is 1. The van der Waals surface area contributed by atoms with Gasteiger partial charge in [-0.25, -0.2) is 18.6 Å². The number of ether oxygens (including phenoxy) is 2. The van der Waals surface area contributed by atoms with Gasteiger partial charge in [-0.05, 0) is 31.9 Å². The normalized spacial score (nSPS) is 15.7. The summed E-state index contributed by atoms with van der Waals surface area (Å²) in [6, 6.07) is 3.47. The third-order valence-electron chi connectivity index (χ3n) is 3.91. The summed E-state index contributed by atoms with van der Waals surface area (Å²) in [5.41, 5.74) is 5.84. The van der Waals surface area contributed by atoms with Gasteiger partial charge in [0.25, 0.3) is 0 Å². The largest absolute Gasteiger partial charge is 0.492 e. The van der Waals surface area contributed by atoms with Gasteiger partial charge < -0.3 is 25.4 Å². The summed E-state index contributed by atoms with van der Waals surface area (Å²) in [6.07, 6.45) is 1.21. The second-order valence-electron chi connectivity index (χ2n) is 5.80. The number of nitrogens with one attached hydrogen (secondary N) is 1. The molecule has 1 fully saturated rings. The average Bonchev–Trinajstić information content (AvgIpc) is 2.62. The Kier molecular flexibility index (Phi) is 7.43. The van der Waals surface area contributed by atoms with Crippen LogP contribution in [0.15, 0.2) is 23.2 Å². The lowest BCUT2D eigenvalue weighted by molar-refractivity contribution is 0.0963. The van der Waals surface area contributed by atoms with Crippen LogP contribution in [0.3, 0.4) is 0 Å². The van der Waals surface area contributed by atoms with E-state index in [0.717, 1.165) is 25.0 Å². The molecule has 1 heterocycles. The molecule has 7 nitrogen and oxygen atoms in total. The van der Waals surface area contributed by atoms with Crippen LogP contribution in [0.25, 0.3) is 0 Å². The highest BCUT2D eigenvalue weighted by atomic mass is 19.2. The minimum absolute atomic E-state index is 0.136. The maximum atomic E-state index is 13.1. The van der Waals surface area contributed by atoms with Crippen LogP contribution in [0.4, 0.5) is 13.6 Å². The van der Waals surface area contributed by atoms with Gasteiger partial charge in [0, 0.05) is 25.2 Å². The first-order valence-electron chi connectivity index (χ1n) is 8.55. The number of carbonyl (C=O) groups is 1. The van der Waals surface area contributed by atoms with E-state index in [0.29, 0.717) is 19.7 Å². The second kappa shape index (κ2) is 9.79. The van der Waals surface area contributed by atoms with Crippen molar-refractivity contribution in [2.75, 3.05) is 32.8 Å². The minimum Gasteiger partial charge on any atom is -0.492 e. The molecule has 26 heavy (non-hydrogen) atoms. The van der Waals surface area contributed by atoms with Crippen molar-refractivity contribution in [3.8, 4) is 5.75 Å². The Morgan fingerprint density at radius 3 is 2.73 bits per heavy atom. The number of hydrogen-bond donors (Lipinski definition) is 2. The van der Waals surface area contributed by atoms with Gasteiger partial charge in [0.1, 0.15) is 12.4 Å². The molecule has 0 saturated carbocycles. The fourth-order valence-corrected chi connectivity index (χ4v) is 2.57.